The fourth-order valence-corrected chi connectivity index (χ4v) is 4.00. The number of nitrogens with zero attached hydrogens (tertiary/aromatic N) is 3. The molecule has 1 aromatic carbocycles. The number of benzene rings is 1. The number of carbonyl (C=O) groups is 1. The lowest BCUT2D eigenvalue weighted by atomic mass is 10.1. The molecule has 0 radical (unpaired) electrons. The van der Waals surface area contributed by atoms with E-state index in [1.54, 1.807) is 37.1 Å². The van der Waals surface area contributed by atoms with Crippen LogP contribution in [0.4, 0.5) is 0 Å². The first-order valence-electron chi connectivity index (χ1n) is 9.25. The van der Waals surface area contributed by atoms with Gasteiger partial charge in [0.2, 0.25) is 0 Å². The van der Waals surface area contributed by atoms with Crippen molar-refractivity contribution >= 4 is 17.7 Å². The van der Waals surface area contributed by atoms with E-state index in [2.05, 4.69) is 15.5 Å². The van der Waals surface area contributed by atoms with E-state index in [0.29, 0.717) is 36.1 Å². The summed E-state index contributed by atoms with van der Waals surface area (Å²) in [7, 11) is 5.04. The third-order valence-electron chi connectivity index (χ3n) is 4.63. The molecule has 0 spiro atoms. The van der Waals surface area contributed by atoms with Gasteiger partial charge < -0.3 is 24.1 Å². The summed E-state index contributed by atoms with van der Waals surface area (Å²) in [5.41, 5.74) is 0.438. The quantitative estimate of drug-likeness (QED) is 0.638. The van der Waals surface area contributed by atoms with Crippen molar-refractivity contribution in [2.24, 2.45) is 7.05 Å². The molecule has 8 nitrogen and oxygen atoms in total. The fraction of sp³-hybridized carbons (Fsp3) is 0.526. The van der Waals surface area contributed by atoms with Gasteiger partial charge in [-0.15, -0.1) is 10.2 Å². The number of nitrogens with one attached hydrogen (secondary N) is 1. The first kappa shape index (κ1) is 20.5. The molecule has 1 aliphatic rings. The Morgan fingerprint density at radius 2 is 2.21 bits per heavy atom. The van der Waals surface area contributed by atoms with Gasteiger partial charge in [0.25, 0.3) is 5.91 Å². The van der Waals surface area contributed by atoms with E-state index in [1.165, 1.54) is 7.11 Å². The van der Waals surface area contributed by atoms with E-state index in [9.17, 15) is 4.79 Å². The summed E-state index contributed by atoms with van der Waals surface area (Å²) < 4.78 is 18.1. The van der Waals surface area contributed by atoms with Gasteiger partial charge in [-0.3, -0.25) is 4.79 Å². The third kappa shape index (κ3) is 4.96. The van der Waals surface area contributed by atoms with Crippen molar-refractivity contribution < 1.29 is 19.0 Å². The first-order chi connectivity index (χ1) is 13.6. The Kier molecular flexibility index (Phi) is 7.16. The Hall–Kier alpha value is -2.26. The van der Waals surface area contributed by atoms with Crippen molar-refractivity contribution in [2.45, 2.75) is 30.5 Å². The van der Waals surface area contributed by atoms with E-state index in [4.69, 9.17) is 14.2 Å². The predicted octanol–water partition coefficient (Wildman–Crippen LogP) is 2.08. The second-order valence-electron chi connectivity index (χ2n) is 6.48. The third-order valence-corrected chi connectivity index (χ3v) is 5.78. The minimum atomic E-state index is -0.217. The van der Waals surface area contributed by atoms with Gasteiger partial charge in [0, 0.05) is 32.4 Å². The number of hydrogen-bond donors (Lipinski definition) is 1. The predicted molar refractivity (Wildman–Crippen MR) is 106 cm³/mol. The molecular weight excluding hydrogens is 380 g/mol. The van der Waals surface area contributed by atoms with Crippen LogP contribution >= 0.6 is 11.8 Å². The monoisotopic (exact) mass is 406 g/mol. The zero-order valence-corrected chi connectivity index (χ0v) is 17.3. The van der Waals surface area contributed by atoms with Gasteiger partial charge in [-0.05, 0) is 31.0 Å². The Morgan fingerprint density at radius 3 is 2.93 bits per heavy atom. The lowest BCUT2D eigenvalue weighted by Gasteiger charge is -2.11. The van der Waals surface area contributed by atoms with Crippen LogP contribution in [0.2, 0.25) is 0 Å². The fourth-order valence-electron chi connectivity index (χ4n) is 3.01. The number of aromatic nitrogens is 3. The molecule has 1 aromatic heterocycles. The minimum absolute atomic E-state index is 0.217. The number of hydrogen-bond acceptors (Lipinski definition) is 7. The number of amides is 1. The molecule has 28 heavy (non-hydrogen) atoms. The lowest BCUT2D eigenvalue weighted by Crippen LogP contribution is -2.26. The molecule has 2 aromatic rings. The van der Waals surface area contributed by atoms with E-state index >= 15 is 0 Å². The van der Waals surface area contributed by atoms with Crippen molar-refractivity contribution in [2.75, 3.05) is 33.1 Å². The van der Waals surface area contributed by atoms with Gasteiger partial charge in [0.05, 0.1) is 25.9 Å². The first-order valence-corrected chi connectivity index (χ1v) is 10.2. The molecule has 1 aliphatic heterocycles. The molecule has 152 valence electrons. The maximum absolute atomic E-state index is 12.5. The summed E-state index contributed by atoms with van der Waals surface area (Å²) in [4.78, 5) is 12.5. The zero-order valence-electron chi connectivity index (χ0n) is 16.4. The van der Waals surface area contributed by atoms with Crippen molar-refractivity contribution in [3.05, 3.63) is 29.6 Å². The maximum atomic E-state index is 12.5. The van der Waals surface area contributed by atoms with E-state index < -0.39 is 0 Å². The highest BCUT2D eigenvalue weighted by Gasteiger charge is 2.18. The molecule has 1 amide bonds. The second kappa shape index (κ2) is 9.79. The summed E-state index contributed by atoms with van der Waals surface area (Å²) >= 11 is 1.66. The highest BCUT2D eigenvalue weighted by atomic mass is 32.2. The van der Waals surface area contributed by atoms with E-state index in [-0.39, 0.29) is 5.91 Å². The van der Waals surface area contributed by atoms with Gasteiger partial charge in [-0.1, -0.05) is 11.8 Å². The van der Waals surface area contributed by atoms with Gasteiger partial charge in [-0.2, -0.15) is 0 Å². The number of rotatable bonds is 9. The molecule has 0 unspecified atom stereocenters. The normalized spacial score (nSPS) is 16.2. The summed E-state index contributed by atoms with van der Waals surface area (Å²) in [6, 6.07) is 5.13. The van der Waals surface area contributed by atoms with Gasteiger partial charge in [0.1, 0.15) is 17.3 Å². The Morgan fingerprint density at radius 1 is 1.36 bits per heavy atom. The van der Waals surface area contributed by atoms with Crippen LogP contribution in [0.1, 0.15) is 29.0 Å². The van der Waals surface area contributed by atoms with Crippen molar-refractivity contribution in [1.29, 1.82) is 0 Å². The van der Waals surface area contributed by atoms with Gasteiger partial charge in [0.15, 0.2) is 5.16 Å². The summed E-state index contributed by atoms with van der Waals surface area (Å²) in [6.07, 6.45) is 3.13. The summed E-state index contributed by atoms with van der Waals surface area (Å²) in [5.74, 6) is 2.61. The molecule has 1 fully saturated rings. The molecule has 9 heteroatoms. The van der Waals surface area contributed by atoms with Crippen LogP contribution in [0, 0.1) is 0 Å². The van der Waals surface area contributed by atoms with E-state index in [1.807, 2.05) is 11.6 Å². The standard InChI is InChI=1S/C19H26N4O4S/c1-23-17(21-22-19(23)28-12-14-5-4-10-27-14)8-9-20-18(24)15-11-13(25-2)6-7-16(15)26-3/h6-7,11,14H,4-5,8-10,12H2,1-3H3,(H,20,24)/t14-/m0/s1. The summed E-state index contributed by atoms with van der Waals surface area (Å²) in [6.45, 7) is 1.30. The molecule has 3 rings (SSSR count). The highest BCUT2D eigenvalue weighted by Crippen LogP contribution is 2.24. The van der Waals surface area contributed by atoms with Crippen LogP contribution in [0.25, 0.3) is 0 Å². The molecular formula is C19H26N4O4S. The molecule has 0 aliphatic carbocycles. The maximum Gasteiger partial charge on any atom is 0.255 e. The Labute approximate surface area is 168 Å². The number of carbonyl (C=O) groups excluding carboxylic acids is 1. The average molecular weight is 407 g/mol. The van der Waals surface area contributed by atoms with Gasteiger partial charge in [-0.25, -0.2) is 0 Å². The Balaban J connectivity index is 1.53. The van der Waals surface area contributed by atoms with Crippen molar-refractivity contribution in [3.63, 3.8) is 0 Å². The number of thioether (sulfide) groups is 1. The molecule has 2 heterocycles. The van der Waals surface area contributed by atoms with Crippen molar-refractivity contribution in [3.8, 4) is 11.5 Å². The van der Waals surface area contributed by atoms with E-state index in [0.717, 1.165) is 36.2 Å². The van der Waals surface area contributed by atoms with Crippen LogP contribution in [0.15, 0.2) is 23.4 Å². The van der Waals surface area contributed by atoms with Crippen LogP contribution < -0.4 is 14.8 Å². The smallest absolute Gasteiger partial charge is 0.255 e. The molecule has 0 bridgehead atoms. The topological polar surface area (TPSA) is 87.5 Å². The van der Waals surface area contributed by atoms with Gasteiger partial charge >= 0.3 is 0 Å². The Bertz CT molecular complexity index is 805. The van der Waals surface area contributed by atoms with Crippen LogP contribution in [0.5, 0.6) is 11.5 Å². The van der Waals surface area contributed by atoms with Crippen LogP contribution in [-0.2, 0) is 18.2 Å². The molecule has 1 saturated heterocycles. The zero-order chi connectivity index (χ0) is 19.9. The summed E-state index contributed by atoms with van der Waals surface area (Å²) in [5, 5.41) is 12.3. The van der Waals surface area contributed by atoms with Crippen LogP contribution in [-0.4, -0.2) is 59.9 Å². The highest BCUT2D eigenvalue weighted by molar-refractivity contribution is 7.99. The average Bonchev–Trinajstić information content (AvgIpc) is 3.36. The molecule has 0 saturated carbocycles. The number of ether oxygens (including phenoxy) is 3. The molecule has 1 N–H and O–H groups in total. The second-order valence-corrected chi connectivity index (χ2v) is 7.46. The molecule has 1 atom stereocenters. The minimum Gasteiger partial charge on any atom is -0.497 e. The lowest BCUT2D eigenvalue weighted by molar-refractivity contribution is 0.0950. The largest absolute Gasteiger partial charge is 0.497 e. The van der Waals surface area contributed by atoms with Crippen molar-refractivity contribution in [1.82, 2.24) is 20.1 Å². The van der Waals surface area contributed by atoms with Crippen LogP contribution in [0.3, 0.4) is 0 Å². The SMILES string of the molecule is COc1ccc(OC)c(C(=O)NCCc2nnc(SC[C@@H]3CCCO3)n2C)c1. The number of methoxy groups -OCH3 is 2.